The van der Waals surface area contributed by atoms with Crippen LogP contribution in [0.3, 0.4) is 0 Å². The molecule has 78 heavy (non-hydrogen) atoms. The topological polar surface area (TPSA) is 78.9 Å². The molecule has 0 fully saturated rings. The van der Waals surface area contributed by atoms with Crippen molar-refractivity contribution in [1.29, 1.82) is 0 Å². The third-order valence-electron chi connectivity index (χ3n) is 16.5. The third-order valence-corrected chi connectivity index (χ3v) is 16.5. The fourth-order valence-corrected chi connectivity index (χ4v) is 11.2. The number of carbonyl (C=O) groups is 3. The molecule has 0 aromatic carbocycles. The van der Waals surface area contributed by atoms with E-state index in [1.165, 1.54) is 315 Å². The molecule has 0 heterocycles. The molecule has 0 aliphatic rings. The zero-order valence-electron chi connectivity index (χ0n) is 53.2. The fraction of sp³-hybridized carbons (Fsp3) is 0.931. The van der Waals surface area contributed by atoms with Gasteiger partial charge in [0.05, 0.1) is 0 Å². The number of esters is 3. The number of carbonyl (C=O) groups excluding carboxylic acids is 3. The van der Waals surface area contributed by atoms with E-state index in [-0.39, 0.29) is 31.1 Å². The van der Waals surface area contributed by atoms with E-state index in [9.17, 15) is 14.4 Å². The Kier molecular flexibility index (Phi) is 66.0. The standard InChI is InChI=1S/C72H138O6/c1-4-7-10-13-16-19-22-25-27-29-31-33-34-35-36-37-39-40-42-44-47-50-53-56-59-62-65-71(74)77-68-69(67-76-70(73)64-61-58-55-52-49-46-24-21-18-15-12-9-6-3)78-72(75)66-63-60-57-54-51-48-45-43-41-38-32-30-28-26-23-20-17-14-11-8-5-2/h30,32,69H,4-29,31,33-68H2,1-3H3/b32-30-. The molecular weight excluding hydrogens is 961 g/mol. The van der Waals surface area contributed by atoms with Gasteiger partial charge < -0.3 is 14.2 Å². The summed E-state index contributed by atoms with van der Waals surface area (Å²) in [4.78, 5) is 38.4. The Morgan fingerprint density at radius 1 is 0.244 bits per heavy atom. The minimum atomic E-state index is -0.767. The van der Waals surface area contributed by atoms with Crippen molar-refractivity contribution in [3.8, 4) is 0 Å². The number of rotatable bonds is 67. The molecule has 0 spiro atoms. The van der Waals surface area contributed by atoms with Crippen LogP contribution in [-0.4, -0.2) is 37.2 Å². The van der Waals surface area contributed by atoms with E-state index in [0.717, 1.165) is 57.8 Å². The molecule has 0 saturated heterocycles. The first-order chi connectivity index (χ1) is 38.5. The maximum Gasteiger partial charge on any atom is 0.306 e. The van der Waals surface area contributed by atoms with Crippen LogP contribution in [0.15, 0.2) is 12.2 Å². The van der Waals surface area contributed by atoms with Crippen LogP contribution in [-0.2, 0) is 28.6 Å². The summed E-state index contributed by atoms with van der Waals surface area (Å²) in [6, 6.07) is 0. The summed E-state index contributed by atoms with van der Waals surface area (Å²) in [5, 5.41) is 0. The molecule has 0 aliphatic heterocycles. The minimum Gasteiger partial charge on any atom is -0.462 e. The fourth-order valence-electron chi connectivity index (χ4n) is 11.2. The summed E-state index contributed by atoms with van der Waals surface area (Å²) < 4.78 is 17.0. The lowest BCUT2D eigenvalue weighted by Crippen LogP contribution is -2.30. The van der Waals surface area contributed by atoms with Crippen molar-refractivity contribution in [2.24, 2.45) is 0 Å². The van der Waals surface area contributed by atoms with Crippen molar-refractivity contribution in [3.63, 3.8) is 0 Å². The van der Waals surface area contributed by atoms with Gasteiger partial charge in [0.25, 0.3) is 0 Å². The van der Waals surface area contributed by atoms with Crippen LogP contribution in [0.5, 0.6) is 0 Å². The lowest BCUT2D eigenvalue weighted by atomic mass is 10.0. The van der Waals surface area contributed by atoms with Crippen molar-refractivity contribution in [2.45, 2.75) is 419 Å². The maximum atomic E-state index is 12.9. The maximum absolute atomic E-state index is 12.9. The second-order valence-electron chi connectivity index (χ2n) is 24.5. The molecule has 0 rings (SSSR count). The molecule has 0 aromatic heterocycles. The predicted molar refractivity (Wildman–Crippen MR) is 340 cm³/mol. The first kappa shape index (κ1) is 76.1. The highest BCUT2D eigenvalue weighted by Gasteiger charge is 2.19. The second kappa shape index (κ2) is 67.7. The van der Waals surface area contributed by atoms with Crippen molar-refractivity contribution in [1.82, 2.24) is 0 Å². The molecule has 0 aliphatic carbocycles. The first-order valence-electron chi connectivity index (χ1n) is 35.7. The van der Waals surface area contributed by atoms with E-state index in [0.29, 0.717) is 19.3 Å². The smallest absolute Gasteiger partial charge is 0.306 e. The lowest BCUT2D eigenvalue weighted by molar-refractivity contribution is -0.167. The largest absolute Gasteiger partial charge is 0.462 e. The van der Waals surface area contributed by atoms with Crippen LogP contribution in [0.1, 0.15) is 412 Å². The molecule has 0 bridgehead atoms. The van der Waals surface area contributed by atoms with Gasteiger partial charge in [0.1, 0.15) is 13.2 Å². The Hall–Kier alpha value is -1.85. The van der Waals surface area contributed by atoms with Crippen LogP contribution in [0, 0.1) is 0 Å². The number of hydrogen-bond donors (Lipinski definition) is 0. The molecule has 1 atom stereocenters. The zero-order valence-corrected chi connectivity index (χ0v) is 53.2. The van der Waals surface area contributed by atoms with E-state index < -0.39 is 6.10 Å². The summed E-state index contributed by atoms with van der Waals surface area (Å²) in [5.74, 6) is -0.831. The normalized spacial score (nSPS) is 12.0. The lowest BCUT2D eigenvalue weighted by Gasteiger charge is -2.18. The number of unbranched alkanes of at least 4 members (excludes halogenated alkanes) is 54. The van der Waals surface area contributed by atoms with E-state index in [4.69, 9.17) is 14.2 Å². The van der Waals surface area contributed by atoms with Crippen molar-refractivity contribution >= 4 is 17.9 Å². The monoisotopic (exact) mass is 1100 g/mol. The number of hydrogen-bond acceptors (Lipinski definition) is 6. The summed E-state index contributed by atoms with van der Waals surface area (Å²) in [5.41, 5.74) is 0. The summed E-state index contributed by atoms with van der Waals surface area (Å²) in [6.07, 6.45) is 81.0. The van der Waals surface area contributed by atoms with E-state index in [1.807, 2.05) is 0 Å². The highest BCUT2D eigenvalue weighted by atomic mass is 16.6. The molecule has 6 heteroatoms. The highest BCUT2D eigenvalue weighted by Crippen LogP contribution is 2.19. The number of ether oxygens (including phenoxy) is 3. The van der Waals surface area contributed by atoms with Gasteiger partial charge in [-0.25, -0.2) is 0 Å². The Morgan fingerprint density at radius 2 is 0.423 bits per heavy atom. The number of allylic oxidation sites excluding steroid dienone is 2. The van der Waals surface area contributed by atoms with Gasteiger partial charge in [-0.15, -0.1) is 0 Å². The molecule has 1 unspecified atom stereocenters. The SMILES string of the molecule is CCCCCCCCCC/C=C\CCCCCCCCCCCC(=O)OC(COC(=O)CCCCCCCCCCCCCCC)COC(=O)CCCCCCCCCCCCCCCCCCCCCCCCCCCC. The minimum absolute atomic E-state index is 0.0638. The van der Waals surface area contributed by atoms with Crippen molar-refractivity contribution in [3.05, 3.63) is 12.2 Å². The summed E-state index contributed by atoms with van der Waals surface area (Å²) in [6.45, 7) is 6.73. The van der Waals surface area contributed by atoms with E-state index in [2.05, 4.69) is 32.9 Å². The molecule has 0 saturated carbocycles. The molecular formula is C72H138O6. The second-order valence-corrected chi connectivity index (χ2v) is 24.5. The predicted octanol–water partition coefficient (Wildman–Crippen LogP) is 24.4. The molecule has 0 radical (unpaired) electrons. The zero-order chi connectivity index (χ0) is 56.4. The van der Waals surface area contributed by atoms with Gasteiger partial charge >= 0.3 is 17.9 Å². The third kappa shape index (κ3) is 65.0. The molecule has 0 aromatic rings. The Balaban J connectivity index is 4.19. The first-order valence-corrected chi connectivity index (χ1v) is 35.7. The van der Waals surface area contributed by atoms with E-state index in [1.54, 1.807) is 0 Å². The van der Waals surface area contributed by atoms with Crippen LogP contribution in [0.2, 0.25) is 0 Å². The molecule has 462 valence electrons. The Labute approximate surface area is 488 Å². The average molecular weight is 1100 g/mol. The summed E-state index contributed by atoms with van der Waals surface area (Å²) >= 11 is 0. The van der Waals surface area contributed by atoms with Crippen LogP contribution in [0.4, 0.5) is 0 Å². The van der Waals surface area contributed by atoms with Gasteiger partial charge in [0.15, 0.2) is 6.10 Å². The van der Waals surface area contributed by atoms with Crippen molar-refractivity contribution in [2.75, 3.05) is 13.2 Å². The quantitative estimate of drug-likeness (QED) is 0.0261. The Bertz CT molecular complexity index is 1210. The van der Waals surface area contributed by atoms with Crippen LogP contribution >= 0.6 is 0 Å². The van der Waals surface area contributed by atoms with Gasteiger partial charge in [-0.2, -0.15) is 0 Å². The van der Waals surface area contributed by atoms with Crippen LogP contribution in [0.25, 0.3) is 0 Å². The summed E-state index contributed by atoms with van der Waals surface area (Å²) in [7, 11) is 0. The van der Waals surface area contributed by atoms with Gasteiger partial charge in [-0.1, -0.05) is 360 Å². The van der Waals surface area contributed by atoms with Crippen LogP contribution < -0.4 is 0 Å². The van der Waals surface area contributed by atoms with E-state index >= 15 is 0 Å². The molecule has 0 amide bonds. The van der Waals surface area contributed by atoms with Gasteiger partial charge in [-0.05, 0) is 44.9 Å². The molecule has 0 N–H and O–H groups in total. The Morgan fingerprint density at radius 3 is 0.641 bits per heavy atom. The average Bonchev–Trinajstić information content (AvgIpc) is 3.44. The van der Waals surface area contributed by atoms with Gasteiger partial charge in [0.2, 0.25) is 0 Å². The molecule has 6 nitrogen and oxygen atoms in total. The van der Waals surface area contributed by atoms with Gasteiger partial charge in [-0.3, -0.25) is 14.4 Å². The van der Waals surface area contributed by atoms with Gasteiger partial charge in [0, 0.05) is 19.3 Å². The highest BCUT2D eigenvalue weighted by molar-refractivity contribution is 5.71. The van der Waals surface area contributed by atoms with Crippen molar-refractivity contribution < 1.29 is 28.6 Å².